The zero-order valence-electron chi connectivity index (χ0n) is 14.0. The van der Waals surface area contributed by atoms with Gasteiger partial charge in [-0.05, 0) is 12.8 Å². The Bertz CT molecular complexity index is 155. The highest BCUT2D eigenvalue weighted by Crippen LogP contribution is 2.11. The van der Waals surface area contributed by atoms with Crippen LogP contribution in [0.25, 0.3) is 0 Å². The summed E-state index contributed by atoms with van der Waals surface area (Å²) in [6, 6.07) is 0. The minimum absolute atomic E-state index is 0. The van der Waals surface area contributed by atoms with Crippen LogP contribution in [-0.4, -0.2) is 32.2 Å². The summed E-state index contributed by atoms with van der Waals surface area (Å²) >= 11 is 0. The average molecular weight is 339 g/mol. The van der Waals surface area contributed by atoms with Crippen molar-refractivity contribution in [3.8, 4) is 0 Å². The molecule has 0 saturated heterocycles. The van der Waals surface area contributed by atoms with Crippen molar-refractivity contribution in [3.63, 3.8) is 0 Å². The second-order valence-corrected chi connectivity index (χ2v) is 6.55. The van der Waals surface area contributed by atoms with Crippen LogP contribution in [0, 0.1) is 0 Å². The molecule has 0 amide bonds. The Morgan fingerprint density at radius 3 is 1.21 bits per heavy atom. The molecular weight excluding hydrogens is 300 g/mol. The monoisotopic (exact) mass is 338 g/mol. The first kappa shape index (κ1) is 24.4. The number of hydrogen-bond acceptors (Lipinski definition) is 1. The van der Waals surface area contributed by atoms with Crippen LogP contribution in [-0.2, 0) is 0 Å². The van der Waals surface area contributed by atoms with Gasteiger partial charge < -0.3 is 27.6 Å². The Balaban J connectivity index is -0.00000128. The number of unbranched alkanes of at least 4 members (excludes halogenated alkanes) is 10. The molecule has 0 unspecified atom stereocenters. The summed E-state index contributed by atoms with van der Waals surface area (Å²) in [7, 11) is 6.86. The molecular formula is C16H39BrN2. The molecule has 0 aliphatic carbocycles. The Morgan fingerprint density at radius 2 is 0.895 bits per heavy atom. The van der Waals surface area contributed by atoms with Gasteiger partial charge in [-0.2, -0.15) is 0 Å². The molecule has 0 saturated carbocycles. The highest BCUT2D eigenvalue weighted by atomic mass is 79.9. The SMILES string of the molecule is CCCCCCCCCCCCC[N+](C)(C)C.N.[Br-]. The predicted octanol–water partition coefficient (Wildman–Crippen LogP) is 2.17. The first-order chi connectivity index (χ1) is 8.06. The molecule has 0 aromatic heterocycles. The van der Waals surface area contributed by atoms with Crippen LogP contribution >= 0.6 is 0 Å². The molecule has 0 rings (SSSR count). The molecule has 120 valence electrons. The van der Waals surface area contributed by atoms with E-state index in [1.165, 1.54) is 77.2 Å². The lowest BCUT2D eigenvalue weighted by Crippen LogP contribution is -3.00. The summed E-state index contributed by atoms with van der Waals surface area (Å²) in [4.78, 5) is 0. The van der Waals surface area contributed by atoms with Crippen LogP contribution < -0.4 is 23.1 Å². The third-order valence-corrected chi connectivity index (χ3v) is 3.43. The third kappa shape index (κ3) is 23.9. The van der Waals surface area contributed by atoms with Gasteiger partial charge in [0.05, 0.1) is 27.7 Å². The van der Waals surface area contributed by atoms with Gasteiger partial charge >= 0.3 is 0 Å². The van der Waals surface area contributed by atoms with Gasteiger partial charge in [-0.1, -0.05) is 64.7 Å². The smallest absolute Gasteiger partial charge is 0.0780 e. The maximum absolute atomic E-state index is 2.29. The van der Waals surface area contributed by atoms with E-state index in [1.807, 2.05) is 0 Å². The highest BCUT2D eigenvalue weighted by molar-refractivity contribution is 4.47. The van der Waals surface area contributed by atoms with Crippen LogP contribution in [0.4, 0.5) is 0 Å². The molecule has 0 heterocycles. The van der Waals surface area contributed by atoms with Crippen LogP contribution in [0.1, 0.15) is 77.6 Å². The maximum Gasteiger partial charge on any atom is 0.0780 e. The minimum atomic E-state index is 0. The van der Waals surface area contributed by atoms with E-state index < -0.39 is 0 Å². The summed E-state index contributed by atoms with van der Waals surface area (Å²) < 4.78 is 1.12. The maximum atomic E-state index is 2.29. The quantitative estimate of drug-likeness (QED) is 0.429. The van der Waals surface area contributed by atoms with Gasteiger partial charge in [0.25, 0.3) is 0 Å². The summed E-state index contributed by atoms with van der Waals surface area (Å²) in [5.74, 6) is 0. The Kier molecular flexibility index (Phi) is 21.1. The first-order valence-electron chi connectivity index (χ1n) is 7.86. The second-order valence-electron chi connectivity index (χ2n) is 6.55. The van der Waals surface area contributed by atoms with E-state index in [0.717, 1.165) is 4.48 Å². The molecule has 0 aliphatic rings. The fraction of sp³-hybridized carbons (Fsp3) is 1.00. The highest BCUT2D eigenvalue weighted by Gasteiger charge is 2.04. The Morgan fingerprint density at radius 1 is 0.579 bits per heavy atom. The molecule has 0 bridgehead atoms. The summed E-state index contributed by atoms with van der Waals surface area (Å²) in [6.07, 6.45) is 15.9. The molecule has 0 spiro atoms. The van der Waals surface area contributed by atoms with E-state index in [-0.39, 0.29) is 23.1 Å². The van der Waals surface area contributed by atoms with Crippen molar-refractivity contribution in [2.45, 2.75) is 77.6 Å². The van der Waals surface area contributed by atoms with Crippen molar-refractivity contribution < 1.29 is 21.5 Å². The molecule has 2 nitrogen and oxygen atoms in total. The van der Waals surface area contributed by atoms with E-state index in [0.29, 0.717) is 0 Å². The van der Waals surface area contributed by atoms with Crippen molar-refractivity contribution in [2.75, 3.05) is 27.7 Å². The van der Waals surface area contributed by atoms with E-state index in [1.54, 1.807) is 0 Å². The number of nitrogens with zero attached hydrogens (tertiary/aromatic N) is 1. The number of halogens is 1. The molecule has 0 radical (unpaired) electrons. The van der Waals surface area contributed by atoms with Gasteiger partial charge in [-0.15, -0.1) is 0 Å². The van der Waals surface area contributed by atoms with Crippen molar-refractivity contribution in [1.82, 2.24) is 6.15 Å². The standard InChI is InChI=1S/C16H36N.BrH.H3N/c1-5-6-7-8-9-10-11-12-13-14-15-16-17(2,3)4;;/h5-16H2,1-4H3;1H;1H3/q+1;;/p-1. The summed E-state index contributed by atoms with van der Waals surface area (Å²) in [5, 5.41) is 0. The zero-order valence-corrected chi connectivity index (χ0v) is 15.6. The van der Waals surface area contributed by atoms with Crippen LogP contribution in [0.5, 0.6) is 0 Å². The Labute approximate surface area is 133 Å². The van der Waals surface area contributed by atoms with Crippen LogP contribution in [0.2, 0.25) is 0 Å². The fourth-order valence-corrected chi connectivity index (χ4v) is 2.25. The molecule has 3 N–H and O–H groups in total. The lowest BCUT2D eigenvalue weighted by atomic mass is 10.1. The van der Waals surface area contributed by atoms with Gasteiger partial charge in [-0.3, -0.25) is 0 Å². The van der Waals surface area contributed by atoms with E-state index in [2.05, 4.69) is 28.1 Å². The van der Waals surface area contributed by atoms with Gasteiger partial charge in [0, 0.05) is 0 Å². The van der Waals surface area contributed by atoms with Gasteiger partial charge in [0.1, 0.15) is 0 Å². The van der Waals surface area contributed by atoms with Crippen LogP contribution in [0.3, 0.4) is 0 Å². The summed E-state index contributed by atoms with van der Waals surface area (Å²) in [5.41, 5.74) is 0. The number of rotatable bonds is 12. The molecule has 0 aliphatic heterocycles. The fourth-order valence-electron chi connectivity index (χ4n) is 2.25. The Hall–Kier alpha value is 0.400. The van der Waals surface area contributed by atoms with Gasteiger partial charge in [0.2, 0.25) is 0 Å². The topological polar surface area (TPSA) is 35.0 Å². The number of quaternary nitrogens is 1. The molecule has 0 aromatic rings. The van der Waals surface area contributed by atoms with Crippen molar-refractivity contribution in [3.05, 3.63) is 0 Å². The predicted molar refractivity (Wildman–Crippen MR) is 84.4 cm³/mol. The van der Waals surface area contributed by atoms with Gasteiger partial charge in [0.15, 0.2) is 0 Å². The summed E-state index contributed by atoms with van der Waals surface area (Å²) in [6.45, 7) is 3.62. The average Bonchev–Trinajstić information content (AvgIpc) is 2.24. The minimum Gasteiger partial charge on any atom is -1.00 e. The van der Waals surface area contributed by atoms with Crippen molar-refractivity contribution in [2.24, 2.45) is 0 Å². The van der Waals surface area contributed by atoms with Crippen LogP contribution in [0.15, 0.2) is 0 Å². The third-order valence-electron chi connectivity index (χ3n) is 3.43. The zero-order chi connectivity index (χ0) is 13.0. The second kappa shape index (κ2) is 16.5. The van der Waals surface area contributed by atoms with E-state index in [4.69, 9.17) is 0 Å². The van der Waals surface area contributed by atoms with Gasteiger partial charge in [-0.25, -0.2) is 0 Å². The molecule has 19 heavy (non-hydrogen) atoms. The number of hydrogen-bond donors (Lipinski definition) is 1. The molecule has 0 fully saturated rings. The van der Waals surface area contributed by atoms with Crippen molar-refractivity contribution >= 4 is 0 Å². The lowest BCUT2D eigenvalue weighted by molar-refractivity contribution is -0.870. The van der Waals surface area contributed by atoms with E-state index in [9.17, 15) is 0 Å². The first-order valence-corrected chi connectivity index (χ1v) is 7.86. The van der Waals surface area contributed by atoms with E-state index >= 15 is 0 Å². The lowest BCUT2D eigenvalue weighted by Gasteiger charge is -2.23. The molecule has 3 heteroatoms. The normalized spacial score (nSPS) is 10.7. The van der Waals surface area contributed by atoms with Crippen molar-refractivity contribution in [1.29, 1.82) is 0 Å². The molecule has 0 aromatic carbocycles. The largest absolute Gasteiger partial charge is 1.00 e. The molecule has 0 atom stereocenters.